The standard InChI is InChI=1S/C18H24N2O5/c21-17(20-7-4-18(5-8-20)24-9-10-25-18)3-6-19-12-14-1-2-15-16(11-14)23-13-22-15/h1-2,11,19H,3-10,12-13H2. The lowest BCUT2D eigenvalue weighted by Crippen LogP contribution is -2.47. The molecule has 25 heavy (non-hydrogen) atoms. The van der Waals surface area contributed by atoms with Crippen molar-refractivity contribution in [1.82, 2.24) is 10.2 Å². The molecule has 1 aromatic carbocycles. The zero-order valence-electron chi connectivity index (χ0n) is 14.3. The van der Waals surface area contributed by atoms with Gasteiger partial charge >= 0.3 is 0 Å². The first-order valence-electron chi connectivity index (χ1n) is 8.89. The summed E-state index contributed by atoms with van der Waals surface area (Å²) in [5.74, 6) is 1.34. The number of carbonyl (C=O) groups is 1. The second kappa shape index (κ2) is 7.19. The SMILES string of the molecule is O=C(CCNCc1ccc2c(c1)OCO2)N1CCC2(CC1)OCCO2. The topological polar surface area (TPSA) is 69.3 Å². The maximum absolute atomic E-state index is 12.3. The molecule has 0 atom stereocenters. The number of nitrogens with one attached hydrogen (secondary N) is 1. The van der Waals surface area contributed by atoms with Gasteiger partial charge in [-0.15, -0.1) is 0 Å². The molecule has 3 aliphatic rings. The zero-order chi connectivity index (χ0) is 17.1. The lowest BCUT2D eigenvalue weighted by molar-refractivity contribution is -0.187. The lowest BCUT2D eigenvalue weighted by atomic mass is 10.0. The van der Waals surface area contributed by atoms with Crippen molar-refractivity contribution < 1.29 is 23.7 Å². The van der Waals surface area contributed by atoms with E-state index in [4.69, 9.17) is 18.9 Å². The molecule has 2 fully saturated rings. The van der Waals surface area contributed by atoms with E-state index in [1.165, 1.54) is 0 Å². The summed E-state index contributed by atoms with van der Waals surface area (Å²) in [7, 11) is 0. The largest absolute Gasteiger partial charge is 0.454 e. The van der Waals surface area contributed by atoms with E-state index in [-0.39, 0.29) is 12.7 Å². The first-order chi connectivity index (χ1) is 12.2. The Balaban J connectivity index is 1.17. The van der Waals surface area contributed by atoms with Crippen molar-refractivity contribution in [2.45, 2.75) is 31.6 Å². The predicted molar refractivity (Wildman–Crippen MR) is 89.3 cm³/mol. The van der Waals surface area contributed by atoms with E-state index >= 15 is 0 Å². The zero-order valence-corrected chi connectivity index (χ0v) is 14.3. The van der Waals surface area contributed by atoms with Gasteiger partial charge in [-0.1, -0.05) is 6.07 Å². The first kappa shape index (κ1) is 16.6. The minimum atomic E-state index is -0.422. The Morgan fingerprint density at radius 1 is 1.12 bits per heavy atom. The van der Waals surface area contributed by atoms with Crippen molar-refractivity contribution in [1.29, 1.82) is 0 Å². The molecule has 0 radical (unpaired) electrons. The third-order valence-electron chi connectivity index (χ3n) is 4.97. The second-order valence-electron chi connectivity index (χ2n) is 6.60. The maximum atomic E-state index is 12.3. The summed E-state index contributed by atoms with van der Waals surface area (Å²) in [5.41, 5.74) is 1.12. The summed E-state index contributed by atoms with van der Waals surface area (Å²) >= 11 is 0. The minimum absolute atomic E-state index is 0.186. The third-order valence-corrected chi connectivity index (χ3v) is 4.97. The highest BCUT2D eigenvalue weighted by molar-refractivity contribution is 5.76. The molecule has 0 aliphatic carbocycles. The number of fused-ring (bicyclic) bond motifs is 1. The highest BCUT2D eigenvalue weighted by Crippen LogP contribution is 2.32. The monoisotopic (exact) mass is 348 g/mol. The Bertz CT molecular complexity index is 620. The van der Waals surface area contributed by atoms with Crippen LogP contribution >= 0.6 is 0 Å². The summed E-state index contributed by atoms with van der Waals surface area (Å²) in [6, 6.07) is 5.90. The van der Waals surface area contributed by atoms with Crippen molar-refractivity contribution in [2.75, 3.05) is 39.6 Å². The summed E-state index contributed by atoms with van der Waals surface area (Å²) in [4.78, 5) is 14.2. The molecular formula is C18H24N2O5. The van der Waals surface area contributed by atoms with Crippen molar-refractivity contribution >= 4 is 5.91 Å². The van der Waals surface area contributed by atoms with E-state index in [1.54, 1.807) is 0 Å². The van der Waals surface area contributed by atoms with E-state index in [2.05, 4.69) is 5.32 Å². The van der Waals surface area contributed by atoms with Gasteiger partial charge in [0.25, 0.3) is 0 Å². The molecular weight excluding hydrogens is 324 g/mol. The first-order valence-corrected chi connectivity index (χ1v) is 8.89. The molecule has 136 valence electrons. The highest BCUT2D eigenvalue weighted by Gasteiger charge is 2.40. The fourth-order valence-electron chi connectivity index (χ4n) is 3.52. The molecule has 1 spiro atoms. The molecule has 7 nitrogen and oxygen atoms in total. The van der Waals surface area contributed by atoms with Crippen LogP contribution in [-0.4, -0.2) is 56.2 Å². The van der Waals surface area contributed by atoms with Crippen LogP contribution in [0.3, 0.4) is 0 Å². The Morgan fingerprint density at radius 2 is 1.88 bits per heavy atom. The number of hydrogen-bond acceptors (Lipinski definition) is 6. The van der Waals surface area contributed by atoms with Crippen LogP contribution < -0.4 is 14.8 Å². The molecule has 0 aromatic heterocycles. The molecule has 0 unspecified atom stereocenters. The number of nitrogens with zero attached hydrogens (tertiary/aromatic N) is 1. The molecule has 4 rings (SSSR count). The van der Waals surface area contributed by atoms with Gasteiger partial charge in [0.05, 0.1) is 13.2 Å². The Morgan fingerprint density at radius 3 is 2.68 bits per heavy atom. The van der Waals surface area contributed by atoms with Gasteiger partial charge in [-0.2, -0.15) is 0 Å². The van der Waals surface area contributed by atoms with E-state index in [0.29, 0.717) is 45.8 Å². The average molecular weight is 348 g/mol. The number of piperidine rings is 1. The van der Waals surface area contributed by atoms with Gasteiger partial charge in [-0.05, 0) is 17.7 Å². The second-order valence-corrected chi connectivity index (χ2v) is 6.60. The van der Waals surface area contributed by atoms with Crippen LogP contribution in [-0.2, 0) is 20.8 Å². The predicted octanol–water partition coefficient (Wildman–Crippen LogP) is 1.26. The van der Waals surface area contributed by atoms with Gasteiger partial charge in [0.15, 0.2) is 17.3 Å². The van der Waals surface area contributed by atoms with Crippen LogP contribution in [0.4, 0.5) is 0 Å². The molecule has 0 bridgehead atoms. The number of ether oxygens (including phenoxy) is 4. The van der Waals surface area contributed by atoms with Crippen molar-refractivity contribution in [3.8, 4) is 11.5 Å². The number of carbonyl (C=O) groups excluding carboxylic acids is 1. The third kappa shape index (κ3) is 3.73. The maximum Gasteiger partial charge on any atom is 0.231 e. The Kier molecular flexibility index (Phi) is 4.78. The molecule has 1 N–H and O–H groups in total. The molecule has 0 saturated carbocycles. The van der Waals surface area contributed by atoms with E-state index in [1.807, 2.05) is 23.1 Å². The number of amides is 1. The van der Waals surface area contributed by atoms with E-state index < -0.39 is 5.79 Å². The molecule has 1 amide bonds. The molecule has 3 aliphatic heterocycles. The number of benzene rings is 1. The highest BCUT2D eigenvalue weighted by atomic mass is 16.7. The van der Waals surface area contributed by atoms with E-state index in [0.717, 1.165) is 29.9 Å². The van der Waals surface area contributed by atoms with Gasteiger partial charge in [0, 0.05) is 45.4 Å². The van der Waals surface area contributed by atoms with Gasteiger partial charge in [0.1, 0.15) is 0 Å². The fraction of sp³-hybridized carbons (Fsp3) is 0.611. The molecule has 7 heteroatoms. The van der Waals surface area contributed by atoms with Gasteiger partial charge in [0.2, 0.25) is 12.7 Å². The molecule has 2 saturated heterocycles. The van der Waals surface area contributed by atoms with Gasteiger partial charge < -0.3 is 29.2 Å². The summed E-state index contributed by atoms with van der Waals surface area (Å²) in [6.45, 7) is 4.39. The lowest BCUT2D eigenvalue weighted by Gasteiger charge is -2.37. The molecule has 3 heterocycles. The normalized spacial score (nSPS) is 21.0. The summed E-state index contributed by atoms with van der Waals surface area (Å²) < 4.78 is 22.1. The van der Waals surface area contributed by atoms with Crippen LogP contribution in [0.2, 0.25) is 0 Å². The molecule has 1 aromatic rings. The smallest absolute Gasteiger partial charge is 0.231 e. The van der Waals surface area contributed by atoms with Crippen molar-refractivity contribution in [2.24, 2.45) is 0 Å². The average Bonchev–Trinajstić information content (AvgIpc) is 3.28. The van der Waals surface area contributed by atoms with Crippen molar-refractivity contribution in [3.05, 3.63) is 23.8 Å². The van der Waals surface area contributed by atoms with Gasteiger partial charge in [-0.25, -0.2) is 0 Å². The quantitative estimate of drug-likeness (QED) is 0.808. The van der Waals surface area contributed by atoms with Crippen LogP contribution in [0, 0.1) is 0 Å². The minimum Gasteiger partial charge on any atom is -0.454 e. The van der Waals surface area contributed by atoms with Crippen LogP contribution in [0.15, 0.2) is 18.2 Å². The number of rotatable bonds is 5. The summed E-state index contributed by atoms with van der Waals surface area (Å²) in [6.07, 6.45) is 2.03. The van der Waals surface area contributed by atoms with Crippen LogP contribution in [0.25, 0.3) is 0 Å². The Labute approximate surface area is 147 Å². The fourth-order valence-corrected chi connectivity index (χ4v) is 3.52. The van der Waals surface area contributed by atoms with Crippen LogP contribution in [0.5, 0.6) is 11.5 Å². The van der Waals surface area contributed by atoms with E-state index in [9.17, 15) is 4.79 Å². The van der Waals surface area contributed by atoms with Crippen LogP contribution in [0.1, 0.15) is 24.8 Å². The number of hydrogen-bond donors (Lipinski definition) is 1. The van der Waals surface area contributed by atoms with Crippen molar-refractivity contribution in [3.63, 3.8) is 0 Å². The number of likely N-dealkylation sites (tertiary alicyclic amines) is 1. The van der Waals surface area contributed by atoms with Gasteiger partial charge in [-0.3, -0.25) is 4.79 Å². The Hall–Kier alpha value is -1.83. The summed E-state index contributed by atoms with van der Waals surface area (Å²) in [5, 5.41) is 3.32.